The lowest BCUT2D eigenvalue weighted by Crippen LogP contribution is -2.14. The van der Waals surface area contributed by atoms with E-state index in [4.69, 9.17) is 0 Å². The van der Waals surface area contributed by atoms with E-state index in [0.29, 0.717) is 0 Å². The van der Waals surface area contributed by atoms with Crippen molar-refractivity contribution in [3.05, 3.63) is 29.6 Å². The first-order valence-electron chi connectivity index (χ1n) is 6.81. The first kappa shape index (κ1) is 15.1. The summed E-state index contributed by atoms with van der Waals surface area (Å²) >= 11 is 0. The molecular formula is C15H27N3. The Bertz CT molecular complexity index is 284. The van der Waals surface area contributed by atoms with Gasteiger partial charge in [-0.05, 0) is 78.6 Å². The van der Waals surface area contributed by atoms with Gasteiger partial charge in [0.15, 0.2) is 0 Å². The molecule has 0 aliphatic rings. The van der Waals surface area contributed by atoms with Crippen LogP contribution in [-0.2, 0) is 12.8 Å². The zero-order chi connectivity index (χ0) is 13.4. The van der Waals surface area contributed by atoms with Crippen molar-refractivity contribution in [1.82, 2.24) is 14.8 Å². The maximum atomic E-state index is 4.54. The summed E-state index contributed by atoms with van der Waals surface area (Å²) in [5, 5.41) is 0. The van der Waals surface area contributed by atoms with E-state index in [9.17, 15) is 0 Å². The fourth-order valence-electron chi connectivity index (χ4n) is 1.93. The summed E-state index contributed by atoms with van der Waals surface area (Å²) in [6, 6.07) is 4.41. The Balaban J connectivity index is 2.28. The van der Waals surface area contributed by atoms with Crippen molar-refractivity contribution in [2.45, 2.75) is 25.7 Å². The molecule has 0 radical (unpaired) electrons. The molecule has 3 nitrogen and oxygen atoms in total. The lowest BCUT2D eigenvalue weighted by atomic mass is 10.1. The molecule has 102 valence electrons. The van der Waals surface area contributed by atoms with Crippen LogP contribution in [0.1, 0.15) is 24.1 Å². The molecule has 18 heavy (non-hydrogen) atoms. The maximum absolute atomic E-state index is 4.54. The van der Waals surface area contributed by atoms with E-state index in [2.05, 4.69) is 55.1 Å². The maximum Gasteiger partial charge on any atom is 0.0404 e. The highest BCUT2D eigenvalue weighted by molar-refractivity contribution is 5.14. The molecule has 0 aromatic carbocycles. The Kier molecular flexibility index (Phi) is 6.91. The van der Waals surface area contributed by atoms with E-state index in [1.165, 1.54) is 24.1 Å². The van der Waals surface area contributed by atoms with Gasteiger partial charge >= 0.3 is 0 Å². The molecule has 0 saturated heterocycles. The van der Waals surface area contributed by atoms with Gasteiger partial charge < -0.3 is 9.80 Å². The zero-order valence-corrected chi connectivity index (χ0v) is 12.3. The molecule has 0 amide bonds. The SMILES string of the molecule is CN(C)CCCc1ccc(CCCN(C)C)nc1. The molecule has 1 rings (SSSR count). The molecule has 0 aliphatic heterocycles. The Hall–Kier alpha value is -0.930. The van der Waals surface area contributed by atoms with Crippen molar-refractivity contribution in [2.24, 2.45) is 0 Å². The van der Waals surface area contributed by atoms with Gasteiger partial charge in [-0.3, -0.25) is 4.98 Å². The summed E-state index contributed by atoms with van der Waals surface area (Å²) in [5.74, 6) is 0. The van der Waals surface area contributed by atoms with Crippen molar-refractivity contribution >= 4 is 0 Å². The number of hydrogen-bond donors (Lipinski definition) is 0. The Morgan fingerprint density at radius 3 is 2.00 bits per heavy atom. The van der Waals surface area contributed by atoms with Gasteiger partial charge in [0.2, 0.25) is 0 Å². The molecule has 0 N–H and O–H groups in total. The van der Waals surface area contributed by atoms with E-state index >= 15 is 0 Å². The van der Waals surface area contributed by atoms with Crippen LogP contribution in [0.5, 0.6) is 0 Å². The van der Waals surface area contributed by atoms with Crippen LogP contribution >= 0.6 is 0 Å². The molecule has 0 saturated carbocycles. The minimum absolute atomic E-state index is 1.08. The molecule has 0 bridgehead atoms. The van der Waals surface area contributed by atoms with E-state index in [1.54, 1.807) is 0 Å². The molecule has 1 aromatic rings. The normalized spacial score (nSPS) is 11.4. The zero-order valence-electron chi connectivity index (χ0n) is 12.3. The molecule has 0 aliphatic carbocycles. The van der Waals surface area contributed by atoms with Crippen LogP contribution in [0.25, 0.3) is 0 Å². The van der Waals surface area contributed by atoms with Crippen LogP contribution in [-0.4, -0.2) is 56.1 Å². The molecule has 1 aromatic heterocycles. The first-order valence-corrected chi connectivity index (χ1v) is 6.81. The van der Waals surface area contributed by atoms with E-state index < -0.39 is 0 Å². The molecule has 1 heterocycles. The van der Waals surface area contributed by atoms with Crippen LogP contribution in [0, 0.1) is 0 Å². The topological polar surface area (TPSA) is 19.4 Å². The molecule has 3 heteroatoms. The molecule has 0 fully saturated rings. The van der Waals surface area contributed by atoms with Gasteiger partial charge in [-0.25, -0.2) is 0 Å². The van der Waals surface area contributed by atoms with Gasteiger partial charge in [0.25, 0.3) is 0 Å². The second-order valence-corrected chi connectivity index (χ2v) is 5.47. The largest absolute Gasteiger partial charge is 0.309 e. The lowest BCUT2D eigenvalue weighted by Gasteiger charge is -2.10. The summed E-state index contributed by atoms with van der Waals surface area (Å²) in [4.78, 5) is 8.98. The number of nitrogens with zero attached hydrogens (tertiary/aromatic N) is 3. The van der Waals surface area contributed by atoms with E-state index in [0.717, 1.165) is 25.9 Å². The van der Waals surface area contributed by atoms with E-state index in [-0.39, 0.29) is 0 Å². The minimum Gasteiger partial charge on any atom is -0.309 e. The van der Waals surface area contributed by atoms with Gasteiger partial charge in [-0.15, -0.1) is 0 Å². The Morgan fingerprint density at radius 1 is 0.889 bits per heavy atom. The third-order valence-corrected chi connectivity index (χ3v) is 3.00. The molecular weight excluding hydrogens is 222 g/mol. The summed E-state index contributed by atoms with van der Waals surface area (Å²) in [6.07, 6.45) is 6.63. The van der Waals surface area contributed by atoms with Crippen molar-refractivity contribution in [1.29, 1.82) is 0 Å². The summed E-state index contributed by atoms with van der Waals surface area (Å²) in [7, 11) is 8.46. The lowest BCUT2D eigenvalue weighted by molar-refractivity contribution is 0.399. The monoisotopic (exact) mass is 249 g/mol. The molecule has 0 atom stereocenters. The molecule has 0 spiro atoms. The fraction of sp³-hybridized carbons (Fsp3) is 0.667. The van der Waals surface area contributed by atoms with Crippen LogP contribution in [0.3, 0.4) is 0 Å². The van der Waals surface area contributed by atoms with Crippen molar-refractivity contribution < 1.29 is 0 Å². The highest BCUT2D eigenvalue weighted by Gasteiger charge is 1.98. The van der Waals surface area contributed by atoms with Gasteiger partial charge in [0.1, 0.15) is 0 Å². The second kappa shape index (κ2) is 8.22. The Labute approximate surface area is 112 Å². The minimum atomic E-state index is 1.08. The van der Waals surface area contributed by atoms with Crippen molar-refractivity contribution in [3.63, 3.8) is 0 Å². The van der Waals surface area contributed by atoms with Crippen molar-refractivity contribution in [3.8, 4) is 0 Å². The standard InChI is InChI=1S/C15H27N3/c1-17(2)11-5-7-14-9-10-15(16-13-14)8-6-12-18(3)4/h9-10,13H,5-8,11-12H2,1-4H3. The summed E-state index contributed by atoms with van der Waals surface area (Å²) < 4.78 is 0. The number of pyridine rings is 1. The van der Waals surface area contributed by atoms with Gasteiger partial charge in [-0.1, -0.05) is 6.07 Å². The Morgan fingerprint density at radius 2 is 1.50 bits per heavy atom. The predicted octanol–water partition coefficient (Wildman–Crippen LogP) is 2.07. The quantitative estimate of drug-likeness (QED) is 0.703. The van der Waals surface area contributed by atoms with Gasteiger partial charge in [0, 0.05) is 11.9 Å². The fourth-order valence-corrected chi connectivity index (χ4v) is 1.93. The average molecular weight is 249 g/mol. The highest BCUT2D eigenvalue weighted by atomic mass is 15.0. The number of aromatic nitrogens is 1. The van der Waals surface area contributed by atoms with Crippen LogP contribution < -0.4 is 0 Å². The third-order valence-electron chi connectivity index (χ3n) is 3.00. The molecule has 0 unspecified atom stereocenters. The second-order valence-electron chi connectivity index (χ2n) is 5.47. The number of rotatable bonds is 8. The summed E-state index contributed by atoms with van der Waals surface area (Å²) in [6.45, 7) is 2.27. The van der Waals surface area contributed by atoms with Gasteiger partial charge in [-0.2, -0.15) is 0 Å². The number of hydrogen-bond acceptors (Lipinski definition) is 3. The predicted molar refractivity (Wildman–Crippen MR) is 78.0 cm³/mol. The van der Waals surface area contributed by atoms with Crippen molar-refractivity contribution in [2.75, 3.05) is 41.3 Å². The highest BCUT2D eigenvalue weighted by Crippen LogP contribution is 2.06. The summed E-state index contributed by atoms with van der Waals surface area (Å²) in [5.41, 5.74) is 2.57. The smallest absolute Gasteiger partial charge is 0.0404 e. The van der Waals surface area contributed by atoms with E-state index in [1.807, 2.05) is 6.20 Å². The van der Waals surface area contributed by atoms with Crippen LogP contribution in [0.15, 0.2) is 18.3 Å². The average Bonchev–Trinajstić information content (AvgIpc) is 2.30. The van der Waals surface area contributed by atoms with Gasteiger partial charge in [0.05, 0.1) is 0 Å². The third kappa shape index (κ3) is 6.72. The van der Waals surface area contributed by atoms with Crippen LogP contribution in [0.2, 0.25) is 0 Å². The van der Waals surface area contributed by atoms with Crippen LogP contribution in [0.4, 0.5) is 0 Å². The first-order chi connectivity index (χ1) is 8.58. The number of aryl methyl sites for hydroxylation is 2.